The number of thiophene rings is 1. The molecule has 0 atom stereocenters. The Balaban J connectivity index is 1.34. The number of piperazine rings is 1. The number of phenolic OH excluding ortho intramolecular Hbond substituents is 1. The number of hydrogen-bond donors (Lipinski definition) is 1. The number of rotatable bonds is 5. The third-order valence-corrected chi connectivity index (χ3v) is 7.54. The van der Waals surface area contributed by atoms with Gasteiger partial charge in [0.05, 0.1) is 18.2 Å². The van der Waals surface area contributed by atoms with Crippen molar-refractivity contribution >= 4 is 28.9 Å². The maximum atomic E-state index is 13.2. The first-order valence-electron chi connectivity index (χ1n) is 11.4. The number of carbonyl (C=O) groups is 1. The largest absolute Gasteiger partial charge is 0.507 e. The standard InChI is InChI=1S/C27H28N2O4S/c1-17-8-13-34-24(17)15-23-26(31)25-18(2)14-22(30)21(27(25)33-23)16-28-9-11-29(12-10-28)19-4-6-20(32-3)7-5-19/h4-8,13-15,30H,9-12,16H2,1-3H3/b23-15-. The fourth-order valence-corrected chi connectivity index (χ4v) is 5.41. The van der Waals surface area contributed by atoms with Crippen molar-refractivity contribution in [2.24, 2.45) is 0 Å². The summed E-state index contributed by atoms with van der Waals surface area (Å²) in [7, 11) is 1.67. The fourth-order valence-electron chi connectivity index (χ4n) is 4.57. The van der Waals surface area contributed by atoms with Gasteiger partial charge in [-0.25, -0.2) is 0 Å². The SMILES string of the molecule is COc1ccc(N2CCN(Cc3c(O)cc(C)c4c3O/C(=C\c3sccc3C)C4=O)CC2)cc1. The van der Waals surface area contributed by atoms with Gasteiger partial charge in [-0.3, -0.25) is 9.69 Å². The van der Waals surface area contributed by atoms with Gasteiger partial charge < -0.3 is 19.5 Å². The summed E-state index contributed by atoms with van der Waals surface area (Å²) in [6, 6.07) is 11.8. The smallest absolute Gasteiger partial charge is 0.232 e. The predicted molar refractivity (Wildman–Crippen MR) is 135 cm³/mol. The van der Waals surface area contributed by atoms with E-state index in [0.29, 0.717) is 29.2 Å². The minimum absolute atomic E-state index is 0.120. The summed E-state index contributed by atoms with van der Waals surface area (Å²) in [5.41, 5.74) is 4.26. The van der Waals surface area contributed by atoms with Gasteiger partial charge in [-0.15, -0.1) is 11.3 Å². The summed E-state index contributed by atoms with van der Waals surface area (Å²) in [6.07, 6.45) is 1.82. The molecular weight excluding hydrogens is 448 g/mol. The number of hydrogen-bond acceptors (Lipinski definition) is 7. The van der Waals surface area contributed by atoms with Crippen molar-refractivity contribution in [3.05, 3.63) is 74.7 Å². The van der Waals surface area contributed by atoms with Crippen LogP contribution < -0.4 is 14.4 Å². The lowest BCUT2D eigenvalue weighted by Crippen LogP contribution is -2.46. The van der Waals surface area contributed by atoms with Crippen LogP contribution in [0.5, 0.6) is 17.2 Å². The fraction of sp³-hybridized carbons (Fsp3) is 0.296. The van der Waals surface area contributed by atoms with E-state index in [-0.39, 0.29) is 11.5 Å². The number of ether oxygens (including phenoxy) is 2. The van der Waals surface area contributed by atoms with E-state index in [4.69, 9.17) is 9.47 Å². The van der Waals surface area contributed by atoms with E-state index >= 15 is 0 Å². The molecule has 2 aliphatic rings. The molecular formula is C27H28N2O4S. The molecule has 0 bridgehead atoms. The summed E-state index contributed by atoms with van der Waals surface area (Å²) >= 11 is 1.58. The first-order chi connectivity index (χ1) is 16.4. The first-order valence-corrected chi connectivity index (χ1v) is 12.3. The van der Waals surface area contributed by atoms with Crippen molar-refractivity contribution in [2.75, 3.05) is 38.2 Å². The molecule has 7 heteroatoms. The molecule has 34 heavy (non-hydrogen) atoms. The molecule has 0 radical (unpaired) electrons. The van der Waals surface area contributed by atoms with Gasteiger partial charge in [-0.2, -0.15) is 0 Å². The zero-order valence-electron chi connectivity index (χ0n) is 19.6. The van der Waals surface area contributed by atoms with Gasteiger partial charge in [0.2, 0.25) is 5.78 Å². The third kappa shape index (κ3) is 4.17. The molecule has 0 saturated carbocycles. The van der Waals surface area contributed by atoms with Crippen LogP contribution in [0.25, 0.3) is 6.08 Å². The number of aryl methyl sites for hydroxylation is 2. The molecule has 0 aliphatic carbocycles. The minimum atomic E-state index is -0.120. The van der Waals surface area contributed by atoms with Crippen molar-refractivity contribution in [2.45, 2.75) is 20.4 Å². The summed E-state index contributed by atoms with van der Waals surface area (Å²) in [5.74, 6) is 1.73. The minimum Gasteiger partial charge on any atom is -0.507 e. The predicted octanol–water partition coefficient (Wildman–Crippen LogP) is 5.02. The lowest BCUT2D eigenvalue weighted by molar-refractivity contribution is 0.101. The van der Waals surface area contributed by atoms with Gasteiger partial charge in [0.1, 0.15) is 17.2 Å². The third-order valence-electron chi connectivity index (χ3n) is 6.58. The van der Waals surface area contributed by atoms with E-state index < -0.39 is 0 Å². The van der Waals surface area contributed by atoms with Gasteiger partial charge in [-0.1, -0.05) is 0 Å². The average molecular weight is 477 g/mol. The zero-order chi connectivity index (χ0) is 23.8. The monoisotopic (exact) mass is 476 g/mol. The molecule has 2 aliphatic heterocycles. The second-order valence-corrected chi connectivity index (χ2v) is 9.71. The molecule has 176 valence electrons. The second kappa shape index (κ2) is 9.16. The van der Waals surface area contributed by atoms with E-state index in [0.717, 1.165) is 47.9 Å². The van der Waals surface area contributed by atoms with Crippen LogP contribution in [0.4, 0.5) is 5.69 Å². The molecule has 2 aromatic carbocycles. The molecule has 0 unspecified atom stereocenters. The summed E-state index contributed by atoms with van der Waals surface area (Å²) < 4.78 is 11.4. The Morgan fingerprint density at radius 3 is 2.47 bits per heavy atom. The van der Waals surface area contributed by atoms with Crippen LogP contribution in [0.15, 0.2) is 47.5 Å². The van der Waals surface area contributed by atoms with E-state index in [1.165, 1.54) is 5.69 Å². The van der Waals surface area contributed by atoms with Gasteiger partial charge in [0, 0.05) is 49.4 Å². The molecule has 1 fully saturated rings. The summed E-state index contributed by atoms with van der Waals surface area (Å²) in [4.78, 5) is 18.8. The normalized spacial score (nSPS) is 17.2. The van der Waals surface area contributed by atoms with Crippen molar-refractivity contribution in [3.8, 4) is 17.2 Å². The molecule has 6 nitrogen and oxygen atoms in total. The Kier molecular flexibility index (Phi) is 6.06. The Labute approximate surface area is 203 Å². The molecule has 3 heterocycles. The molecule has 1 N–H and O–H groups in total. The number of benzene rings is 2. The molecule has 3 aromatic rings. The maximum Gasteiger partial charge on any atom is 0.232 e. The maximum absolute atomic E-state index is 13.2. The summed E-state index contributed by atoms with van der Waals surface area (Å²) in [6.45, 7) is 7.84. The number of phenols is 1. The van der Waals surface area contributed by atoms with Crippen molar-refractivity contribution in [1.82, 2.24) is 4.90 Å². The number of allylic oxidation sites excluding steroid dienone is 1. The number of methoxy groups -OCH3 is 1. The highest BCUT2D eigenvalue weighted by Crippen LogP contribution is 2.42. The van der Waals surface area contributed by atoms with Crippen LogP contribution in [0.3, 0.4) is 0 Å². The number of anilines is 1. The Morgan fingerprint density at radius 2 is 1.82 bits per heavy atom. The molecule has 0 spiro atoms. The number of aromatic hydroxyl groups is 1. The van der Waals surface area contributed by atoms with Crippen LogP contribution in [-0.4, -0.2) is 49.1 Å². The Hall–Kier alpha value is -3.29. The van der Waals surface area contributed by atoms with Gasteiger partial charge >= 0.3 is 0 Å². The van der Waals surface area contributed by atoms with E-state index in [9.17, 15) is 9.90 Å². The molecule has 1 aromatic heterocycles. The molecule has 1 saturated heterocycles. The lowest BCUT2D eigenvalue weighted by Gasteiger charge is -2.36. The Bertz CT molecular complexity index is 1250. The highest BCUT2D eigenvalue weighted by atomic mass is 32.1. The van der Waals surface area contributed by atoms with E-state index in [2.05, 4.69) is 21.9 Å². The van der Waals surface area contributed by atoms with Gasteiger partial charge in [-0.05, 0) is 66.8 Å². The molecule has 0 amide bonds. The van der Waals surface area contributed by atoms with Crippen LogP contribution in [0, 0.1) is 13.8 Å². The lowest BCUT2D eigenvalue weighted by atomic mass is 9.99. The van der Waals surface area contributed by atoms with Gasteiger partial charge in [0.25, 0.3) is 0 Å². The first kappa shape index (κ1) is 22.5. The number of carbonyl (C=O) groups excluding carboxylic acids is 1. The van der Waals surface area contributed by atoms with Crippen LogP contribution in [-0.2, 0) is 6.54 Å². The number of nitrogens with zero attached hydrogens (tertiary/aromatic N) is 2. The second-order valence-electron chi connectivity index (χ2n) is 8.76. The average Bonchev–Trinajstić information content (AvgIpc) is 3.40. The van der Waals surface area contributed by atoms with E-state index in [1.54, 1.807) is 24.5 Å². The van der Waals surface area contributed by atoms with Crippen LogP contribution in [0.2, 0.25) is 0 Å². The van der Waals surface area contributed by atoms with Crippen LogP contribution >= 0.6 is 11.3 Å². The number of ketones is 1. The summed E-state index contributed by atoms with van der Waals surface area (Å²) in [5, 5.41) is 12.8. The topological polar surface area (TPSA) is 62.2 Å². The number of Topliss-reactive ketones (excluding diaryl/α,β-unsaturated/α-hetero) is 1. The highest BCUT2D eigenvalue weighted by molar-refractivity contribution is 7.11. The zero-order valence-corrected chi connectivity index (χ0v) is 20.4. The number of fused-ring (bicyclic) bond motifs is 1. The van der Waals surface area contributed by atoms with Crippen molar-refractivity contribution in [3.63, 3.8) is 0 Å². The van der Waals surface area contributed by atoms with Crippen molar-refractivity contribution in [1.29, 1.82) is 0 Å². The van der Waals surface area contributed by atoms with E-state index in [1.807, 2.05) is 43.5 Å². The highest BCUT2D eigenvalue weighted by Gasteiger charge is 2.34. The quantitative estimate of drug-likeness (QED) is 0.522. The van der Waals surface area contributed by atoms with Gasteiger partial charge in [0.15, 0.2) is 5.76 Å². The van der Waals surface area contributed by atoms with Crippen LogP contribution in [0.1, 0.15) is 31.9 Å². The molecule has 5 rings (SSSR count). The Morgan fingerprint density at radius 1 is 1.09 bits per heavy atom. The van der Waals surface area contributed by atoms with Crippen molar-refractivity contribution < 1.29 is 19.4 Å².